The van der Waals surface area contributed by atoms with Gasteiger partial charge in [-0.1, -0.05) is 5.57 Å². The van der Waals surface area contributed by atoms with Crippen LogP contribution in [0.4, 0.5) is 0 Å². The van der Waals surface area contributed by atoms with Crippen molar-refractivity contribution in [2.75, 3.05) is 39.0 Å². The molecule has 0 saturated carbocycles. The summed E-state index contributed by atoms with van der Waals surface area (Å²) >= 11 is 0. The molecule has 222 valence electrons. The van der Waals surface area contributed by atoms with Crippen LogP contribution in [0, 0.1) is 5.92 Å². The number of nitrogens with zero attached hydrogens (tertiary/aromatic N) is 6. The molecule has 0 bridgehead atoms. The Labute approximate surface area is 242 Å². The minimum absolute atomic E-state index is 0.0829. The first kappa shape index (κ1) is 29.5. The average molecular weight is 584 g/mol. The van der Waals surface area contributed by atoms with E-state index in [1.54, 1.807) is 17.4 Å². The number of likely N-dealkylation sites (tertiary alicyclic amines) is 1. The molecule has 2 aromatic rings. The molecular formula is C29H41N7O4S. The first-order valence-corrected chi connectivity index (χ1v) is 16.4. The number of carbonyl (C=O) groups is 2. The normalized spacial score (nSPS) is 22.3. The minimum Gasteiger partial charge on any atom is -0.351 e. The highest BCUT2D eigenvalue weighted by Crippen LogP contribution is 2.33. The Morgan fingerprint density at radius 1 is 1.10 bits per heavy atom. The Bertz CT molecular complexity index is 1490. The Morgan fingerprint density at radius 2 is 1.78 bits per heavy atom. The summed E-state index contributed by atoms with van der Waals surface area (Å²) in [6.07, 6.45) is 8.41. The van der Waals surface area contributed by atoms with Gasteiger partial charge in [-0.15, -0.1) is 0 Å². The van der Waals surface area contributed by atoms with Gasteiger partial charge in [-0.25, -0.2) is 27.4 Å². The van der Waals surface area contributed by atoms with Gasteiger partial charge in [-0.05, 0) is 78.6 Å². The average Bonchev–Trinajstić information content (AvgIpc) is 3.36. The van der Waals surface area contributed by atoms with E-state index in [-0.39, 0.29) is 30.3 Å². The summed E-state index contributed by atoms with van der Waals surface area (Å²) < 4.78 is 27.2. The highest BCUT2D eigenvalue weighted by molar-refractivity contribution is 7.88. The first-order chi connectivity index (χ1) is 19.4. The molecular weight excluding hydrogens is 542 g/mol. The van der Waals surface area contributed by atoms with E-state index >= 15 is 0 Å². The molecule has 2 amide bonds. The molecule has 2 saturated heterocycles. The Kier molecular flexibility index (Phi) is 8.45. The lowest BCUT2D eigenvalue weighted by Gasteiger charge is -2.41. The number of fused-ring (bicyclic) bond motifs is 1. The fourth-order valence-electron chi connectivity index (χ4n) is 6.36. The van der Waals surface area contributed by atoms with Crippen LogP contribution in [0.1, 0.15) is 81.4 Å². The third-order valence-corrected chi connectivity index (χ3v) is 10.0. The summed E-state index contributed by atoms with van der Waals surface area (Å²) in [7, 11) is -3.14. The number of amides is 2. The molecule has 1 N–H and O–H groups in total. The van der Waals surface area contributed by atoms with Gasteiger partial charge in [0.25, 0.3) is 11.8 Å². The molecule has 11 nitrogen and oxygen atoms in total. The van der Waals surface area contributed by atoms with Gasteiger partial charge in [-0.3, -0.25) is 9.59 Å². The van der Waals surface area contributed by atoms with E-state index < -0.39 is 15.9 Å². The number of aromatic nitrogens is 3. The van der Waals surface area contributed by atoms with Crippen molar-refractivity contribution in [1.29, 1.82) is 0 Å². The topological polar surface area (TPSA) is 130 Å². The van der Waals surface area contributed by atoms with Crippen LogP contribution in [0.2, 0.25) is 0 Å². The Balaban J connectivity index is 1.31. The molecule has 0 aliphatic carbocycles. The summed E-state index contributed by atoms with van der Waals surface area (Å²) in [5, 5.41) is 8.22. The number of dihydropyridines is 1. The summed E-state index contributed by atoms with van der Waals surface area (Å²) in [6.45, 7) is 10.9. The summed E-state index contributed by atoms with van der Waals surface area (Å²) in [4.78, 5) is 37.6. The fraction of sp³-hybridized carbons (Fsp3) is 0.621. The van der Waals surface area contributed by atoms with E-state index in [2.05, 4.69) is 20.3 Å². The number of sulfonamides is 1. The van der Waals surface area contributed by atoms with Crippen molar-refractivity contribution in [3.63, 3.8) is 0 Å². The number of nitrogens with one attached hydrogen (secondary N) is 1. The molecule has 1 atom stereocenters. The van der Waals surface area contributed by atoms with Gasteiger partial charge < -0.3 is 10.2 Å². The minimum atomic E-state index is -3.14. The van der Waals surface area contributed by atoms with E-state index in [0.717, 1.165) is 50.0 Å². The molecule has 3 aliphatic rings. The summed E-state index contributed by atoms with van der Waals surface area (Å²) in [5.41, 5.74) is 3.69. The first-order valence-electron chi connectivity index (χ1n) is 14.5. The number of carbonyl (C=O) groups excluding carboxylic acids is 2. The summed E-state index contributed by atoms with van der Waals surface area (Å²) in [5.74, 6) is -0.739. The molecule has 3 aliphatic heterocycles. The zero-order valence-corrected chi connectivity index (χ0v) is 25.4. The van der Waals surface area contributed by atoms with Crippen molar-refractivity contribution in [1.82, 2.24) is 29.3 Å². The van der Waals surface area contributed by atoms with E-state index in [0.29, 0.717) is 41.4 Å². The van der Waals surface area contributed by atoms with Crippen molar-refractivity contribution in [3.8, 4) is 0 Å². The van der Waals surface area contributed by atoms with Crippen molar-refractivity contribution < 1.29 is 18.0 Å². The van der Waals surface area contributed by atoms with Gasteiger partial charge >= 0.3 is 0 Å². The highest BCUT2D eigenvalue weighted by atomic mass is 32.2. The van der Waals surface area contributed by atoms with Crippen molar-refractivity contribution in [3.05, 3.63) is 35.2 Å². The SMILES string of the molecule is CC1=CC(C)=NC(=O)C1CNC(=O)c1cc(C2CCN(C3CCN(S(C)(=O)=O)CC3)CC2)nc2c1cnn2C(C)C. The number of piperidine rings is 2. The van der Waals surface area contributed by atoms with Crippen LogP contribution in [0.5, 0.6) is 0 Å². The maximum Gasteiger partial charge on any atom is 0.254 e. The number of hydrogen-bond donors (Lipinski definition) is 1. The number of pyridine rings is 1. The van der Waals surface area contributed by atoms with Crippen LogP contribution < -0.4 is 5.32 Å². The zero-order chi connectivity index (χ0) is 29.5. The van der Waals surface area contributed by atoms with Gasteiger partial charge in [0.05, 0.1) is 29.3 Å². The molecule has 41 heavy (non-hydrogen) atoms. The quantitative estimate of drug-likeness (QED) is 0.531. The Hall–Kier alpha value is -2.96. The molecule has 0 spiro atoms. The third kappa shape index (κ3) is 6.29. The van der Waals surface area contributed by atoms with E-state index in [1.807, 2.05) is 37.6 Å². The maximum atomic E-state index is 13.6. The molecule has 5 heterocycles. The fourth-order valence-corrected chi connectivity index (χ4v) is 7.23. The number of allylic oxidation sites excluding steroid dienone is 1. The largest absolute Gasteiger partial charge is 0.351 e. The predicted octanol–water partition coefficient (Wildman–Crippen LogP) is 2.91. The van der Waals surface area contributed by atoms with E-state index in [4.69, 9.17) is 4.98 Å². The Morgan fingerprint density at radius 3 is 2.39 bits per heavy atom. The molecule has 2 aromatic heterocycles. The second-order valence-electron chi connectivity index (χ2n) is 12.0. The van der Waals surface area contributed by atoms with Crippen LogP contribution >= 0.6 is 0 Å². The smallest absolute Gasteiger partial charge is 0.254 e. The number of rotatable bonds is 7. The number of aliphatic imine (C=N–C) groups is 1. The second-order valence-corrected chi connectivity index (χ2v) is 13.9. The van der Waals surface area contributed by atoms with Crippen molar-refractivity contribution in [2.45, 2.75) is 71.4 Å². The van der Waals surface area contributed by atoms with E-state index in [1.165, 1.54) is 6.26 Å². The lowest BCUT2D eigenvalue weighted by atomic mass is 9.90. The lowest BCUT2D eigenvalue weighted by Crippen LogP contribution is -2.48. The zero-order valence-electron chi connectivity index (χ0n) is 24.6. The summed E-state index contributed by atoms with van der Waals surface area (Å²) in [6, 6.07) is 2.38. The van der Waals surface area contributed by atoms with Gasteiger partial charge in [-0.2, -0.15) is 5.10 Å². The standard InChI is InChI=1S/C29H41N7O4S/c1-18(2)36-27-25(17-31-36)23(28(37)30-16-24-19(3)14-20(4)32-29(24)38)15-26(33-27)21-6-10-34(11-7-21)22-8-12-35(13-9-22)41(5,39)40/h14-15,17-18,21-22,24H,6-13,16H2,1-5H3,(H,30,37). The predicted molar refractivity (Wildman–Crippen MR) is 159 cm³/mol. The van der Waals surface area contributed by atoms with Crippen molar-refractivity contribution >= 4 is 38.6 Å². The number of hydrogen-bond acceptors (Lipinski definition) is 7. The van der Waals surface area contributed by atoms with Gasteiger partial charge in [0, 0.05) is 49.0 Å². The third-order valence-electron chi connectivity index (χ3n) is 8.71. The van der Waals surface area contributed by atoms with E-state index in [9.17, 15) is 18.0 Å². The van der Waals surface area contributed by atoms with Crippen LogP contribution in [0.3, 0.4) is 0 Å². The van der Waals surface area contributed by atoms with Crippen molar-refractivity contribution in [2.24, 2.45) is 10.9 Å². The second kappa shape index (κ2) is 11.7. The van der Waals surface area contributed by atoms with Crippen LogP contribution in [0.25, 0.3) is 11.0 Å². The molecule has 0 radical (unpaired) electrons. The van der Waals surface area contributed by atoms with Gasteiger partial charge in [0.15, 0.2) is 5.65 Å². The molecule has 2 fully saturated rings. The van der Waals surface area contributed by atoms with Crippen LogP contribution in [-0.4, -0.2) is 94.9 Å². The monoisotopic (exact) mass is 583 g/mol. The maximum absolute atomic E-state index is 13.6. The molecule has 5 rings (SSSR count). The molecule has 12 heteroatoms. The highest BCUT2D eigenvalue weighted by Gasteiger charge is 2.32. The van der Waals surface area contributed by atoms with Gasteiger partial charge in [0.2, 0.25) is 10.0 Å². The van der Waals surface area contributed by atoms with Crippen LogP contribution in [0.15, 0.2) is 28.9 Å². The van der Waals surface area contributed by atoms with Gasteiger partial charge in [0.1, 0.15) is 0 Å². The molecule has 1 unspecified atom stereocenters. The lowest BCUT2D eigenvalue weighted by molar-refractivity contribution is -0.120. The molecule has 0 aromatic carbocycles. The van der Waals surface area contributed by atoms with Crippen LogP contribution in [-0.2, 0) is 14.8 Å².